The average Bonchev–Trinajstić information content (AvgIpc) is 3.80. The first-order valence-corrected chi connectivity index (χ1v) is 24.4. The Bertz CT molecular complexity index is 1380. The Balaban J connectivity index is 1.19. The molecule has 51 heavy (non-hydrogen) atoms. The fourth-order valence-electron chi connectivity index (χ4n) is 8.45. The molecule has 0 aromatic heterocycles. The Morgan fingerprint density at radius 3 is 1.88 bits per heavy atom. The zero-order valence-corrected chi connectivity index (χ0v) is 34.8. The topological polar surface area (TPSA) is 49.5 Å². The van der Waals surface area contributed by atoms with Crippen molar-refractivity contribution in [3.63, 3.8) is 0 Å². The number of epoxide rings is 1. The maximum absolute atomic E-state index is 7.31. The van der Waals surface area contributed by atoms with Crippen molar-refractivity contribution in [2.24, 2.45) is 11.8 Å². The third-order valence-electron chi connectivity index (χ3n) is 12.0. The van der Waals surface area contributed by atoms with Crippen molar-refractivity contribution in [2.45, 2.75) is 141 Å². The summed E-state index contributed by atoms with van der Waals surface area (Å²) in [5, 5.41) is 2.61. The molecule has 0 amide bonds. The van der Waals surface area contributed by atoms with Crippen LogP contribution in [0.3, 0.4) is 0 Å². The molecule has 0 radical (unpaired) electrons. The molecule has 3 aromatic rings. The molecule has 7 atom stereocenters. The Hall–Kier alpha value is -2.11. The second-order valence-electron chi connectivity index (χ2n) is 16.2. The highest BCUT2D eigenvalue weighted by molar-refractivity contribution is 6.99. The van der Waals surface area contributed by atoms with Crippen LogP contribution in [0.4, 0.5) is 0 Å². The molecule has 0 aliphatic carbocycles. The van der Waals surface area contributed by atoms with Crippen LogP contribution < -0.4 is 10.4 Å². The molecule has 280 valence electrons. The van der Waals surface area contributed by atoms with Crippen LogP contribution in [0, 0.1) is 11.8 Å². The van der Waals surface area contributed by atoms with Gasteiger partial charge in [0.1, 0.15) is 6.10 Å². The first kappa shape index (κ1) is 40.1. The molecule has 2 heterocycles. The SMILES string of the molecule is CC[Si](CC)(CC)O[C@H](CCCOCc1ccccc1)[C@@H](C)[C@@H]1O[C@H]1[C@@H]1CC[C@H]([C@@H](C)CO[Si](c2ccccc2)(c2ccccc2)C(C)(C)C)O1. The number of benzene rings is 3. The van der Waals surface area contributed by atoms with E-state index in [1.807, 2.05) is 0 Å². The number of ether oxygens (including phenoxy) is 3. The van der Waals surface area contributed by atoms with E-state index in [2.05, 4.69) is 146 Å². The summed E-state index contributed by atoms with van der Waals surface area (Å²) in [6.07, 6.45) is 4.91. The highest BCUT2D eigenvalue weighted by Crippen LogP contribution is 2.43. The third-order valence-corrected chi connectivity index (χ3v) is 21.6. The fraction of sp³-hybridized carbons (Fsp3) is 0.591. The van der Waals surface area contributed by atoms with Gasteiger partial charge in [-0.15, -0.1) is 0 Å². The zero-order valence-electron chi connectivity index (χ0n) is 32.8. The van der Waals surface area contributed by atoms with Gasteiger partial charge in [0.25, 0.3) is 8.32 Å². The van der Waals surface area contributed by atoms with Crippen molar-refractivity contribution >= 4 is 27.0 Å². The number of hydrogen-bond donors (Lipinski definition) is 0. The van der Waals surface area contributed by atoms with E-state index >= 15 is 0 Å². The maximum atomic E-state index is 7.31. The Morgan fingerprint density at radius 1 is 0.765 bits per heavy atom. The predicted octanol–water partition coefficient (Wildman–Crippen LogP) is 9.54. The van der Waals surface area contributed by atoms with Crippen molar-refractivity contribution in [3.05, 3.63) is 96.6 Å². The Kier molecular flexibility index (Phi) is 14.4. The van der Waals surface area contributed by atoms with Gasteiger partial charge >= 0.3 is 0 Å². The smallest absolute Gasteiger partial charge is 0.261 e. The minimum absolute atomic E-state index is 0.0416. The summed E-state index contributed by atoms with van der Waals surface area (Å²) in [5.41, 5.74) is 1.22. The zero-order chi connectivity index (χ0) is 36.5. The Labute approximate surface area is 312 Å². The molecule has 2 saturated heterocycles. The molecule has 2 aliphatic rings. The molecule has 7 heteroatoms. The second-order valence-corrected chi connectivity index (χ2v) is 25.3. The van der Waals surface area contributed by atoms with Gasteiger partial charge in [-0.25, -0.2) is 0 Å². The van der Waals surface area contributed by atoms with Gasteiger partial charge in [-0.2, -0.15) is 0 Å². The summed E-state index contributed by atoms with van der Waals surface area (Å²) in [6.45, 7) is 20.8. The van der Waals surface area contributed by atoms with Crippen LogP contribution in [0.25, 0.3) is 0 Å². The lowest BCUT2D eigenvalue weighted by Crippen LogP contribution is -2.67. The number of hydrogen-bond acceptors (Lipinski definition) is 5. The van der Waals surface area contributed by atoms with Crippen molar-refractivity contribution in [2.75, 3.05) is 13.2 Å². The van der Waals surface area contributed by atoms with Gasteiger partial charge in [0.05, 0.1) is 31.0 Å². The van der Waals surface area contributed by atoms with Crippen molar-refractivity contribution in [3.8, 4) is 0 Å². The summed E-state index contributed by atoms with van der Waals surface area (Å²) in [6, 6.07) is 35.8. The van der Waals surface area contributed by atoms with E-state index in [0.29, 0.717) is 19.1 Å². The van der Waals surface area contributed by atoms with Gasteiger partial charge in [0.15, 0.2) is 8.32 Å². The lowest BCUT2D eigenvalue weighted by atomic mass is 9.93. The van der Waals surface area contributed by atoms with Gasteiger partial charge in [-0.3, -0.25) is 0 Å². The molecule has 2 aliphatic heterocycles. The van der Waals surface area contributed by atoms with Crippen LogP contribution in [0.5, 0.6) is 0 Å². The molecule has 0 spiro atoms. The highest BCUT2D eigenvalue weighted by Gasteiger charge is 2.54. The predicted molar refractivity (Wildman–Crippen MR) is 216 cm³/mol. The van der Waals surface area contributed by atoms with Crippen molar-refractivity contribution < 1.29 is 23.1 Å². The molecular formula is C44H66O5Si2. The van der Waals surface area contributed by atoms with Crippen LogP contribution in [0.1, 0.15) is 86.6 Å². The van der Waals surface area contributed by atoms with Crippen LogP contribution in [-0.4, -0.2) is 60.4 Å². The fourth-order valence-corrected chi connectivity index (χ4v) is 16.1. The average molecular weight is 731 g/mol. The number of rotatable bonds is 20. The van der Waals surface area contributed by atoms with Crippen molar-refractivity contribution in [1.29, 1.82) is 0 Å². The van der Waals surface area contributed by atoms with Gasteiger partial charge < -0.3 is 23.1 Å². The summed E-state index contributed by atoms with van der Waals surface area (Å²) >= 11 is 0. The minimum atomic E-state index is -2.59. The van der Waals surface area contributed by atoms with Crippen LogP contribution in [-0.2, 0) is 29.7 Å². The van der Waals surface area contributed by atoms with E-state index < -0.39 is 16.6 Å². The molecule has 2 fully saturated rings. The summed E-state index contributed by atoms with van der Waals surface area (Å²) in [7, 11) is -4.38. The monoisotopic (exact) mass is 730 g/mol. The largest absolute Gasteiger partial charge is 0.414 e. The summed E-state index contributed by atoms with van der Waals surface area (Å²) in [5.74, 6) is 0.600. The van der Waals surface area contributed by atoms with Crippen LogP contribution in [0.2, 0.25) is 23.2 Å². The van der Waals surface area contributed by atoms with Crippen LogP contribution >= 0.6 is 0 Å². The molecule has 5 rings (SSSR count). The maximum Gasteiger partial charge on any atom is 0.261 e. The van der Waals surface area contributed by atoms with Crippen LogP contribution in [0.15, 0.2) is 91.0 Å². The molecule has 0 unspecified atom stereocenters. The van der Waals surface area contributed by atoms with E-state index in [-0.39, 0.29) is 41.5 Å². The van der Waals surface area contributed by atoms with Gasteiger partial charge in [0.2, 0.25) is 0 Å². The first-order chi connectivity index (χ1) is 24.6. The van der Waals surface area contributed by atoms with E-state index in [4.69, 9.17) is 23.1 Å². The lowest BCUT2D eigenvalue weighted by molar-refractivity contribution is -0.00877. The standard InChI is InChI=1S/C44H66O5Si2/c1-9-50(10-2,11-3)49-40(28-21-31-45-33-36-22-15-12-16-23-36)35(5)42-43(48-42)41-30-29-39(47-41)34(4)32-46-51(44(6,7)8,37-24-17-13-18-25-37)38-26-19-14-20-27-38/h12-20,22-27,34-35,39-43H,9-11,21,28-33H2,1-8H3/t34-,35+,39+,40+,41-,42-,43-/m0/s1. The normalized spacial score (nSPS) is 22.8. The van der Waals surface area contributed by atoms with E-state index in [1.54, 1.807) is 0 Å². The quantitative estimate of drug-likeness (QED) is 0.0659. The molecule has 5 nitrogen and oxygen atoms in total. The molecular weight excluding hydrogens is 665 g/mol. The van der Waals surface area contributed by atoms with Gasteiger partial charge in [-0.05, 0) is 64.8 Å². The minimum Gasteiger partial charge on any atom is -0.414 e. The second kappa shape index (κ2) is 18.3. The lowest BCUT2D eigenvalue weighted by Gasteiger charge is -2.43. The van der Waals surface area contributed by atoms with E-state index in [1.165, 1.54) is 15.9 Å². The Morgan fingerprint density at radius 2 is 1.33 bits per heavy atom. The molecule has 0 N–H and O–H groups in total. The summed E-state index contributed by atoms with van der Waals surface area (Å²) < 4.78 is 33.9. The molecule has 0 saturated carbocycles. The highest BCUT2D eigenvalue weighted by atomic mass is 28.4. The van der Waals surface area contributed by atoms with Gasteiger partial charge in [0, 0.05) is 25.0 Å². The first-order valence-electron chi connectivity index (χ1n) is 19.9. The summed E-state index contributed by atoms with van der Waals surface area (Å²) in [4.78, 5) is 0. The van der Waals surface area contributed by atoms with Crippen molar-refractivity contribution in [1.82, 2.24) is 0 Å². The third kappa shape index (κ3) is 9.72. The molecule has 3 aromatic carbocycles. The van der Waals surface area contributed by atoms with Gasteiger partial charge in [-0.1, -0.05) is 146 Å². The molecule has 0 bridgehead atoms. The van der Waals surface area contributed by atoms with E-state index in [9.17, 15) is 0 Å². The van der Waals surface area contributed by atoms with E-state index in [0.717, 1.165) is 50.4 Å².